The zero-order chi connectivity index (χ0) is 20.9. The molecule has 0 bridgehead atoms. The van der Waals surface area contributed by atoms with Gasteiger partial charge in [0.1, 0.15) is 12.0 Å². The standard InChI is InChI=1S/C25H33BO3/c1-24(2)18-26(19-25(24,3)4)23-21(16-27)12-8-13-22(23)29-15-9-14-28-17-20-10-6-5-7-11-20/h5-8,10-13,16H,9,14-15,17-19H2,1-4H3. The Morgan fingerprint density at radius 1 is 0.931 bits per heavy atom. The molecule has 154 valence electrons. The molecule has 3 rings (SSSR count). The minimum atomic E-state index is 0.232. The van der Waals surface area contributed by atoms with E-state index in [2.05, 4.69) is 39.8 Å². The van der Waals surface area contributed by atoms with Crippen molar-refractivity contribution >= 4 is 18.5 Å². The molecule has 4 heteroatoms. The van der Waals surface area contributed by atoms with Crippen LogP contribution in [0, 0.1) is 10.8 Å². The second-order valence-electron chi connectivity index (χ2n) is 9.49. The third kappa shape index (κ3) is 5.11. The minimum absolute atomic E-state index is 0.232. The summed E-state index contributed by atoms with van der Waals surface area (Å²) in [4.78, 5) is 11.7. The molecule has 0 unspecified atom stereocenters. The summed E-state index contributed by atoms with van der Waals surface area (Å²) in [5, 5.41) is 0. The van der Waals surface area contributed by atoms with Gasteiger partial charge in [-0.1, -0.05) is 82.8 Å². The maximum atomic E-state index is 11.7. The van der Waals surface area contributed by atoms with E-state index in [0.29, 0.717) is 26.5 Å². The molecule has 0 atom stereocenters. The minimum Gasteiger partial charge on any atom is -0.494 e. The first kappa shape index (κ1) is 21.6. The van der Waals surface area contributed by atoms with Crippen LogP contribution in [0.3, 0.4) is 0 Å². The topological polar surface area (TPSA) is 35.5 Å². The molecule has 0 amide bonds. The Morgan fingerprint density at radius 2 is 1.62 bits per heavy atom. The van der Waals surface area contributed by atoms with Gasteiger partial charge in [-0.2, -0.15) is 0 Å². The number of hydrogen-bond donors (Lipinski definition) is 0. The Balaban J connectivity index is 1.59. The molecule has 0 radical (unpaired) electrons. The lowest BCUT2D eigenvalue weighted by Crippen LogP contribution is -2.33. The molecule has 1 aliphatic heterocycles. The number of hydrogen-bond acceptors (Lipinski definition) is 3. The van der Waals surface area contributed by atoms with Crippen LogP contribution in [0.4, 0.5) is 0 Å². The molecule has 1 heterocycles. The number of benzene rings is 2. The average Bonchev–Trinajstić information content (AvgIpc) is 2.92. The summed E-state index contributed by atoms with van der Waals surface area (Å²) in [5.74, 6) is 0.858. The summed E-state index contributed by atoms with van der Waals surface area (Å²) < 4.78 is 11.9. The molecule has 0 saturated carbocycles. The zero-order valence-electron chi connectivity index (χ0n) is 18.2. The third-order valence-corrected chi connectivity index (χ3v) is 6.78. The molecule has 3 nitrogen and oxygen atoms in total. The predicted molar refractivity (Wildman–Crippen MR) is 121 cm³/mol. The van der Waals surface area contributed by atoms with Gasteiger partial charge in [-0.15, -0.1) is 0 Å². The van der Waals surface area contributed by atoms with Gasteiger partial charge in [0.25, 0.3) is 0 Å². The molecule has 0 spiro atoms. The lowest BCUT2D eigenvalue weighted by atomic mass is 9.41. The average molecular weight is 392 g/mol. The van der Waals surface area contributed by atoms with Gasteiger partial charge in [-0.25, -0.2) is 0 Å². The summed E-state index contributed by atoms with van der Waals surface area (Å²) in [6, 6.07) is 16.0. The molecule has 1 aliphatic rings. The Labute approximate surface area is 175 Å². The Hall–Kier alpha value is -2.07. The van der Waals surface area contributed by atoms with Crippen LogP contribution in [-0.2, 0) is 11.3 Å². The largest absolute Gasteiger partial charge is 0.494 e. The van der Waals surface area contributed by atoms with Gasteiger partial charge >= 0.3 is 0 Å². The highest BCUT2D eigenvalue weighted by molar-refractivity contribution is 6.76. The first-order chi connectivity index (χ1) is 13.8. The maximum Gasteiger partial charge on any atom is 0.182 e. The van der Waals surface area contributed by atoms with Crippen molar-refractivity contribution in [3.8, 4) is 5.75 Å². The van der Waals surface area contributed by atoms with Crippen LogP contribution >= 0.6 is 0 Å². The SMILES string of the molecule is CC1(C)CB(c2c(C=O)cccc2OCCCOCc2ccccc2)CC1(C)C. The zero-order valence-corrected chi connectivity index (χ0v) is 18.2. The summed E-state index contributed by atoms with van der Waals surface area (Å²) >= 11 is 0. The highest BCUT2D eigenvalue weighted by Crippen LogP contribution is 2.53. The fourth-order valence-electron chi connectivity index (χ4n) is 4.39. The van der Waals surface area contributed by atoms with E-state index in [1.54, 1.807) is 0 Å². The quantitative estimate of drug-likeness (QED) is 0.332. The molecule has 0 aromatic heterocycles. The van der Waals surface area contributed by atoms with Crippen molar-refractivity contribution in [2.45, 2.75) is 53.4 Å². The predicted octanol–water partition coefficient (Wildman–Crippen LogP) is 5.25. The monoisotopic (exact) mass is 392 g/mol. The Kier molecular flexibility index (Phi) is 6.84. The van der Waals surface area contributed by atoms with Crippen LogP contribution in [0.2, 0.25) is 12.6 Å². The van der Waals surface area contributed by atoms with E-state index in [1.807, 2.05) is 36.4 Å². The van der Waals surface area contributed by atoms with Crippen molar-refractivity contribution in [3.63, 3.8) is 0 Å². The summed E-state index contributed by atoms with van der Waals surface area (Å²) in [6.07, 6.45) is 3.94. The highest BCUT2D eigenvalue weighted by atomic mass is 16.5. The molecule has 0 N–H and O–H groups in total. The van der Waals surface area contributed by atoms with Crippen LogP contribution in [0.1, 0.15) is 50.0 Å². The smallest absolute Gasteiger partial charge is 0.182 e. The van der Waals surface area contributed by atoms with Crippen molar-refractivity contribution < 1.29 is 14.3 Å². The second-order valence-corrected chi connectivity index (χ2v) is 9.49. The van der Waals surface area contributed by atoms with Gasteiger partial charge in [0.15, 0.2) is 6.71 Å². The van der Waals surface area contributed by atoms with E-state index in [1.165, 1.54) is 5.56 Å². The van der Waals surface area contributed by atoms with Crippen LogP contribution < -0.4 is 10.2 Å². The van der Waals surface area contributed by atoms with Gasteiger partial charge in [0.05, 0.1) is 19.8 Å². The lowest BCUT2D eigenvalue weighted by molar-refractivity contribution is 0.107. The fourth-order valence-corrected chi connectivity index (χ4v) is 4.39. The Morgan fingerprint density at radius 3 is 2.28 bits per heavy atom. The van der Waals surface area contributed by atoms with Crippen molar-refractivity contribution in [1.82, 2.24) is 0 Å². The third-order valence-electron chi connectivity index (χ3n) is 6.78. The maximum absolute atomic E-state index is 11.7. The number of aldehydes is 1. The van der Waals surface area contributed by atoms with Crippen molar-refractivity contribution in [1.29, 1.82) is 0 Å². The molecule has 2 aromatic rings. The summed E-state index contributed by atoms with van der Waals surface area (Å²) in [6.45, 7) is 11.6. The van der Waals surface area contributed by atoms with Crippen molar-refractivity contribution in [2.24, 2.45) is 10.8 Å². The highest BCUT2D eigenvalue weighted by Gasteiger charge is 2.49. The van der Waals surface area contributed by atoms with Gasteiger partial charge in [-0.05, 0) is 27.9 Å². The molecular formula is C25H33BO3. The summed E-state index contributed by atoms with van der Waals surface area (Å²) in [7, 11) is 0. The van der Waals surface area contributed by atoms with Crippen molar-refractivity contribution in [2.75, 3.05) is 13.2 Å². The van der Waals surface area contributed by atoms with E-state index in [-0.39, 0.29) is 10.8 Å². The molecule has 1 fully saturated rings. The van der Waals surface area contributed by atoms with E-state index in [9.17, 15) is 4.79 Å². The van der Waals surface area contributed by atoms with Crippen LogP contribution in [0.25, 0.3) is 0 Å². The van der Waals surface area contributed by atoms with Crippen LogP contribution in [-0.4, -0.2) is 26.2 Å². The molecular weight excluding hydrogens is 359 g/mol. The van der Waals surface area contributed by atoms with Gasteiger partial charge < -0.3 is 9.47 Å². The molecule has 29 heavy (non-hydrogen) atoms. The normalized spacial score (nSPS) is 17.3. The van der Waals surface area contributed by atoms with E-state index >= 15 is 0 Å². The van der Waals surface area contributed by atoms with E-state index in [4.69, 9.17) is 9.47 Å². The van der Waals surface area contributed by atoms with Crippen LogP contribution in [0.5, 0.6) is 5.75 Å². The van der Waals surface area contributed by atoms with E-state index < -0.39 is 0 Å². The first-order valence-electron chi connectivity index (χ1n) is 10.7. The van der Waals surface area contributed by atoms with Gasteiger partial charge in [-0.3, -0.25) is 4.79 Å². The van der Waals surface area contributed by atoms with Gasteiger partial charge in [0, 0.05) is 12.0 Å². The lowest BCUT2D eigenvalue weighted by Gasteiger charge is -2.35. The van der Waals surface area contributed by atoms with E-state index in [0.717, 1.165) is 42.1 Å². The molecule has 0 aliphatic carbocycles. The first-order valence-corrected chi connectivity index (χ1v) is 10.7. The number of ether oxygens (including phenoxy) is 2. The van der Waals surface area contributed by atoms with Gasteiger partial charge in [0.2, 0.25) is 0 Å². The van der Waals surface area contributed by atoms with Crippen molar-refractivity contribution in [3.05, 3.63) is 59.7 Å². The number of carbonyl (C=O) groups excluding carboxylic acids is 1. The molecule has 1 saturated heterocycles. The summed E-state index contributed by atoms with van der Waals surface area (Å²) in [5.41, 5.74) is 3.50. The van der Waals surface area contributed by atoms with Crippen LogP contribution in [0.15, 0.2) is 48.5 Å². The second kappa shape index (κ2) is 9.17. The Bertz CT molecular complexity index is 798. The number of carbonyl (C=O) groups is 1. The number of rotatable bonds is 9. The molecule has 2 aromatic carbocycles. The fraction of sp³-hybridized carbons (Fsp3) is 0.480.